The molecule has 5 atom stereocenters. The smallest absolute Gasteiger partial charge is 0.462 e. The predicted octanol–water partition coefficient (Wildman–Crippen LogP) is 23.3. The number of carbonyl (C=O) groups is 4. The van der Waals surface area contributed by atoms with Crippen LogP contribution in [0.25, 0.3) is 0 Å². The summed E-state index contributed by atoms with van der Waals surface area (Å²) in [5, 5.41) is 10.6. The zero-order valence-electron chi connectivity index (χ0n) is 64.3. The normalized spacial score (nSPS) is 14.5. The molecule has 0 radical (unpaired) electrons. The molecule has 0 aliphatic carbocycles. The lowest BCUT2D eigenvalue weighted by atomic mass is 10.1. The number of aliphatic hydroxyl groups is 1. The van der Waals surface area contributed by atoms with Gasteiger partial charge in [-0.3, -0.25) is 37.3 Å². The highest BCUT2D eigenvalue weighted by Gasteiger charge is 2.30. The number of phosphoric ester groups is 2. The molecule has 0 heterocycles. The molecular weight excluding hydrogens is 1330 g/mol. The van der Waals surface area contributed by atoms with Crippen LogP contribution in [-0.2, 0) is 65.4 Å². The van der Waals surface area contributed by atoms with E-state index in [1.807, 2.05) is 0 Å². The Morgan fingerprint density at radius 3 is 0.784 bits per heavy atom. The Kier molecular flexibility index (Phi) is 71.8. The third-order valence-electron chi connectivity index (χ3n) is 16.7. The number of allylic oxidation sites excluding steroid dienone is 18. The summed E-state index contributed by atoms with van der Waals surface area (Å²) in [7, 11) is -9.97. The van der Waals surface area contributed by atoms with Gasteiger partial charge in [0.2, 0.25) is 0 Å². The van der Waals surface area contributed by atoms with Gasteiger partial charge in [0.25, 0.3) is 0 Å². The molecule has 0 aromatic heterocycles. The van der Waals surface area contributed by atoms with E-state index in [1.165, 1.54) is 57.8 Å². The largest absolute Gasteiger partial charge is 0.472 e. The Hall–Kier alpha value is -4.28. The van der Waals surface area contributed by atoms with Crippen LogP contribution in [-0.4, -0.2) is 96.7 Å². The zero-order chi connectivity index (χ0) is 74.6. The minimum absolute atomic E-state index is 0.0752. The van der Waals surface area contributed by atoms with E-state index in [0.29, 0.717) is 25.7 Å². The third-order valence-corrected chi connectivity index (χ3v) is 18.6. The summed E-state index contributed by atoms with van der Waals surface area (Å²) in [5.41, 5.74) is 0. The van der Waals surface area contributed by atoms with Crippen molar-refractivity contribution in [2.45, 2.75) is 354 Å². The number of phosphoric acid groups is 2. The minimum Gasteiger partial charge on any atom is -0.462 e. The highest BCUT2D eigenvalue weighted by molar-refractivity contribution is 7.47. The van der Waals surface area contributed by atoms with Crippen LogP contribution in [0.15, 0.2) is 109 Å². The maximum Gasteiger partial charge on any atom is 0.472 e. The van der Waals surface area contributed by atoms with E-state index in [0.717, 1.165) is 199 Å². The van der Waals surface area contributed by atoms with Crippen LogP contribution >= 0.6 is 15.6 Å². The van der Waals surface area contributed by atoms with Gasteiger partial charge in [-0.1, -0.05) is 265 Å². The van der Waals surface area contributed by atoms with E-state index < -0.39 is 97.5 Å². The molecule has 17 nitrogen and oxygen atoms in total. The summed E-state index contributed by atoms with van der Waals surface area (Å²) in [6.07, 6.45) is 80.5. The molecule has 0 spiro atoms. The Balaban J connectivity index is 5.39. The lowest BCUT2D eigenvalue weighted by Crippen LogP contribution is -2.30. The highest BCUT2D eigenvalue weighted by atomic mass is 31.2. The standard InChI is InChI=1S/C83H144O17P2/c1-5-9-13-17-21-25-29-33-37-38-42-44-48-52-56-60-64-68-81(86)94-74-79(100-83(88)70-66-62-58-54-50-46-41-36-32-28-24-20-16-12-8-4)76-98-102(91,92)96-72-77(84)71-95-101(89,90)97-75-78(99-82(87)69-65-61-57-53-49-45-40-35-31-27-23-19-15-11-7-3)73-93-80(85)67-63-59-55-51-47-43-39-34-30-26-22-18-14-10-6-2/h9,13,21-28,33-37,39-41,77-79,84H,5-8,10-12,14-20,29-32,38,42-76H2,1-4H3,(H,89,90)(H,91,92)/b13-9-,25-21-,26-22-,27-23-,28-24-,37-33-,39-34-,40-35-,41-36-. The van der Waals surface area contributed by atoms with E-state index >= 15 is 0 Å². The van der Waals surface area contributed by atoms with Gasteiger partial charge < -0.3 is 33.8 Å². The summed E-state index contributed by atoms with van der Waals surface area (Å²) in [4.78, 5) is 73.0. The number of ether oxygens (including phenoxy) is 4. The van der Waals surface area contributed by atoms with E-state index in [9.17, 15) is 43.2 Å². The van der Waals surface area contributed by atoms with Gasteiger partial charge in [0.1, 0.15) is 19.3 Å². The second kappa shape index (κ2) is 75.0. The first-order valence-electron chi connectivity index (χ1n) is 40.1. The summed E-state index contributed by atoms with van der Waals surface area (Å²) in [5.74, 6) is -2.22. The summed E-state index contributed by atoms with van der Waals surface area (Å²) >= 11 is 0. The van der Waals surface area contributed by atoms with Gasteiger partial charge in [0.05, 0.1) is 26.4 Å². The first-order valence-corrected chi connectivity index (χ1v) is 43.1. The Bertz CT molecular complexity index is 2360. The second-order valence-electron chi connectivity index (χ2n) is 26.6. The van der Waals surface area contributed by atoms with Crippen LogP contribution in [0.4, 0.5) is 0 Å². The van der Waals surface area contributed by atoms with Gasteiger partial charge in [-0.2, -0.15) is 0 Å². The summed E-state index contributed by atoms with van der Waals surface area (Å²) in [6.45, 7) is 4.66. The van der Waals surface area contributed by atoms with E-state index in [1.54, 1.807) is 0 Å². The van der Waals surface area contributed by atoms with Crippen molar-refractivity contribution in [1.82, 2.24) is 0 Å². The van der Waals surface area contributed by atoms with Gasteiger partial charge in [0, 0.05) is 25.7 Å². The molecule has 0 aliphatic rings. The maximum atomic E-state index is 13.1. The number of rotatable bonds is 75. The van der Waals surface area contributed by atoms with Gasteiger partial charge in [-0.05, 0) is 154 Å². The molecule has 0 bridgehead atoms. The number of carbonyl (C=O) groups excluding carboxylic acids is 4. The first kappa shape index (κ1) is 97.7. The van der Waals surface area contributed by atoms with Gasteiger partial charge >= 0.3 is 39.5 Å². The molecule has 0 aliphatic heterocycles. The lowest BCUT2D eigenvalue weighted by molar-refractivity contribution is -0.161. The summed E-state index contributed by atoms with van der Waals surface area (Å²) < 4.78 is 68.6. The van der Waals surface area contributed by atoms with Crippen molar-refractivity contribution in [2.24, 2.45) is 0 Å². The summed E-state index contributed by atoms with van der Waals surface area (Å²) in [6, 6.07) is 0. The van der Waals surface area contributed by atoms with Gasteiger partial charge in [0.15, 0.2) is 12.2 Å². The fraction of sp³-hybridized carbons (Fsp3) is 0.735. The van der Waals surface area contributed by atoms with Crippen LogP contribution in [0.3, 0.4) is 0 Å². The average Bonchev–Trinajstić information content (AvgIpc) is 0.923. The highest BCUT2D eigenvalue weighted by Crippen LogP contribution is 2.45. The number of hydrogen-bond donors (Lipinski definition) is 3. The van der Waals surface area contributed by atoms with Crippen LogP contribution in [0, 0.1) is 0 Å². The van der Waals surface area contributed by atoms with Crippen molar-refractivity contribution in [3.63, 3.8) is 0 Å². The number of unbranched alkanes of at least 4 members (excludes halogenated alkanes) is 31. The molecule has 0 aromatic carbocycles. The number of esters is 4. The van der Waals surface area contributed by atoms with Crippen LogP contribution in [0.1, 0.15) is 336 Å². The van der Waals surface area contributed by atoms with E-state index in [4.69, 9.17) is 37.0 Å². The number of hydrogen-bond acceptors (Lipinski definition) is 15. The quantitative estimate of drug-likeness (QED) is 0.0169. The monoisotopic (exact) mass is 1470 g/mol. The molecular formula is C83H144O17P2. The van der Waals surface area contributed by atoms with Gasteiger partial charge in [-0.15, -0.1) is 0 Å². The Morgan fingerprint density at radius 2 is 0.510 bits per heavy atom. The molecule has 3 N–H and O–H groups in total. The molecule has 0 saturated heterocycles. The fourth-order valence-corrected chi connectivity index (χ4v) is 12.1. The van der Waals surface area contributed by atoms with Crippen molar-refractivity contribution in [3.05, 3.63) is 109 Å². The molecule has 0 saturated carbocycles. The van der Waals surface area contributed by atoms with Crippen molar-refractivity contribution in [1.29, 1.82) is 0 Å². The molecule has 0 rings (SSSR count). The van der Waals surface area contributed by atoms with Crippen molar-refractivity contribution in [2.75, 3.05) is 39.6 Å². The fourth-order valence-electron chi connectivity index (χ4n) is 10.6. The van der Waals surface area contributed by atoms with Crippen LogP contribution in [0.5, 0.6) is 0 Å². The molecule has 0 amide bonds. The molecule has 0 fully saturated rings. The Labute approximate surface area is 619 Å². The molecule has 5 unspecified atom stereocenters. The van der Waals surface area contributed by atoms with Gasteiger partial charge in [-0.25, -0.2) is 9.13 Å². The minimum atomic E-state index is -4.98. The first-order chi connectivity index (χ1) is 49.7. The maximum absolute atomic E-state index is 13.1. The Morgan fingerprint density at radius 1 is 0.284 bits per heavy atom. The van der Waals surface area contributed by atoms with E-state index in [-0.39, 0.29) is 25.7 Å². The zero-order valence-corrected chi connectivity index (χ0v) is 66.0. The van der Waals surface area contributed by atoms with Crippen molar-refractivity contribution in [3.8, 4) is 0 Å². The van der Waals surface area contributed by atoms with E-state index in [2.05, 4.69) is 137 Å². The van der Waals surface area contributed by atoms with Crippen molar-refractivity contribution >= 4 is 39.5 Å². The second-order valence-corrected chi connectivity index (χ2v) is 29.5. The van der Waals surface area contributed by atoms with Crippen LogP contribution in [0.2, 0.25) is 0 Å². The van der Waals surface area contributed by atoms with Crippen molar-refractivity contribution < 1.29 is 80.2 Å². The molecule has 102 heavy (non-hydrogen) atoms. The average molecular weight is 1480 g/mol. The molecule has 19 heteroatoms. The SMILES string of the molecule is CC/C=C\C/C=C\C/C=C\CCCCCCCCCC(=O)OCC(COP(=O)(O)OCC(O)COP(=O)(O)OCC(COC(=O)CCCCCCC/C=C\C/C=C\CCCCC)OC(=O)CCCCCCC/C=C\C/C=C\CCCCC)OC(=O)CCCCCCC/C=C\C/C=C\CCCCC. The molecule has 588 valence electrons. The number of aliphatic hydroxyl groups excluding tert-OH is 1. The third kappa shape index (κ3) is 74.0. The lowest BCUT2D eigenvalue weighted by Gasteiger charge is -2.21. The van der Waals surface area contributed by atoms with Crippen LogP contribution < -0.4 is 0 Å². The predicted molar refractivity (Wildman–Crippen MR) is 418 cm³/mol. The molecule has 0 aromatic rings. The topological polar surface area (TPSA) is 237 Å².